The van der Waals surface area contributed by atoms with E-state index in [-0.39, 0.29) is 5.43 Å². The molecule has 2 heteroatoms. The number of rotatable bonds is 0. The molecule has 0 aliphatic carbocycles. The average molecular weight is 223 g/mol. The molecule has 0 saturated heterocycles. The number of fused-ring (bicyclic) bond motifs is 2. The molecule has 0 saturated carbocycles. The Bertz CT molecular complexity index is 784. The van der Waals surface area contributed by atoms with Gasteiger partial charge in [-0.05, 0) is 30.7 Å². The molecule has 0 fully saturated rings. The van der Waals surface area contributed by atoms with E-state index >= 15 is 0 Å². The molecule has 2 aromatic carbocycles. The molecule has 84 valence electrons. The largest absolute Gasteiger partial charge is 0.343 e. The second-order valence-electron chi connectivity index (χ2n) is 4.38. The van der Waals surface area contributed by atoms with Crippen molar-refractivity contribution in [1.82, 2.24) is 4.57 Å². The van der Waals surface area contributed by atoms with E-state index in [1.165, 1.54) is 0 Å². The van der Waals surface area contributed by atoms with Crippen molar-refractivity contribution in [3.63, 3.8) is 0 Å². The first-order chi connectivity index (χ1) is 8.20. The Morgan fingerprint density at radius 1 is 0.941 bits per heavy atom. The average Bonchev–Trinajstić information content (AvgIpc) is 2.36. The van der Waals surface area contributed by atoms with Crippen molar-refractivity contribution < 1.29 is 0 Å². The Balaban J connectivity index is 2.74. The second kappa shape index (κ2) is 3.45. The molecule has 0 amide bonds. The highest BCUT2D eigenvalue weighted by Crippen LogP contribution is 2.20. The van der Waals surface area contributed by atoms with Crippen LogP contribution in [0.2, 0.25) is 0 Å². The number of aryl methyl sites for hydroxylation is 2. The highest BCUT2D eigenvalue weighted by molar-refractivity contribution is 5.94. The minimum absolute atomic E-state index is 0.123. The Morgan fingerprint density at radius 2 is 1.65 bits per heavy atom. The van der Waals surface area contributed by atoms with Crippen molar-refractivity contribution >= 4 is 21.8 Å². The standard InChI is InChI=1S/C15H13NO/c1-10-6-5-8-12-14(10)16(2)13-9-4-3-7-11(13)15(12)17/h3-9H,1-2H3. The molecular weight excluding hydrogens is 210 g/mol. The summed E-state index contributed by atoms with van der Waals surface area (Å²) in [5, 5.41) is 1.58. The molecule has 0 N–H and O–H groups in total. The van der Waals surface area contributed by atoms with Crippen LogP contribution in [0.1, 0.15) is 5.56 Å². The summed E-state index contributed by atoms with van der Waals surface area (Å²) in [6.45, 7) is 2.04. The van der Waals surface area contributed by atoms with Gasteiger partial charge in [0.05, 0.1) is 11.0 Å². The van der Waals surface area contributed by atoms with Crippen LogP contribution in [0.25, 0.3) is 21.8 Å². The maximum absolute atomic E-state index is 12.4. The Kier molecular flexibility index (Phi) is 2.05. The Hall–Kier alpha value is -2.09. The fourth-order valence-corrected chi connectivity index (χ4v) is 2.51. The van der Waals surface area contributed by atoms with Gasteiger partial charge in [-0.3, -0.25) is 4.79 Å². The lowest BCUT2D eigenvalue weighted by Gasteiger charge is -2.11. The van der Waals surface area contributed by atoms with E-state index in [1.54, 1.807) is 0 Å². The summed E-state index contributed by atoms with van der Waals surface area (Å²) in [4.78, 5) is 12.4. The predicted molar refractivity (Wildman–Crippen MR) is 71.4 cm³/mol. The third kappa shape index (κ3) is 1.30. The molecule has 0 aliphatic rings. The molecule has 17 heavy (non-hydrogen) atoms. The van der Waals surface area contributed by atoms with Crippen LogP contribution in [0.3, 0.4) is 0 Å². The molecule has 0 aliphatic heterocycles. The summed E-state index contributed by atoms with van der Waals surface area (Å²) in [5.41, 5.74) is 3.26. The van der Waals surface area contributed by atoms with Crippen molar-refractivity contribution in [3.05, 3.63) is 58.3 Å². The van der Waals surface area contributed by atoms with E-state index in [9.17, 15) is 4.79 Å². The number of hydrogen-bond acceptors (Lipinski definition) is 1. The molecule has 0 unspecified atom stereocenters. The number of benzene rings is 2. The summed E-state index contributed by atoms with van der Waals surface area (Å²) >= 11 is 0. The summed E-state index contributed by atoms with van der Waals surface area (Å²) in [5.74, 6) is 0. The zero-order valence-electron chi connectivity index (χ0n) is 9.90. The van der Waals surface area contributed by atoms with Crippen molar-refractivity contribution in [2.24, 2.45) is 7.05 Å². The fourth-order valence-electron chi connectivity index (χ4n) is 2.51. The van der Waals surface area contributed by atoms with E-state index in [1.807, 2.05) is 56.4 Å². The minimum atomic E-state index is 0.123. The first kappa shape index (κ1) is 10.1. The lowest BCUT2D eigenvalue weighted by Crippen LogP contribution is -2.09. The second-order valence-corrected chi connectivity index (χ2v) is 4.38. The van der Waals surface area contributed by atoms with Gasteiger partial charge in [0.1, 0.15) is 0 Å². The molecule has 3 rings (SSSR count). The minimum Gasteiger partial charge on any atom is -0.343 e. The molecule has 0 radical (unpaired) electrons. The number of hydrogen-bond donors (Lipinski definition) is 0. The van der Waals surface area contributed by atoms with Gasteiger partial charge in [0.2, 0.25) is 0 Å². The van der Waals surface area contributed by atoms with Crippen LogP contribution in [0.15, 0.2) is 47.3 Å². The lowest BCUT2D eigenvalue weighted by molar-refractivity contribution is 0.996. The van der Waals surface area contributed by atoms with Gasteiger partial charge < -0.3 is 4.57 Å². The molecule has 1 aromatic heterocycles. The summed E-state index contributed by atoms with van der Waals surface area (Å²) in [7, 11) is 2.01. The highest BCUT2D eigenvalue weighted by Gasteiger charge is 2.08. The van der Waals surface area contributed by atoms with Gasteiger partial charge in [0, 0.05) is 17.8 Å². The van der Waals surface area contributed by atoms with Crippen molar-refractivity contribution in [3.8, 4) is 0 Å². The first-order valence-electron chi connectivity index (χ1n) is 5.67. The number of nitrogens with zero attached hydrogens (tertiary/aromatic N) is 1. The number of para-hydroxylation sites is 2. The van der Waals surface area contributed by atoms with E-state index < -0.39 is 0 Å². The number of aromatic nitrogens is 1. The normalized spacial score (nSPS) is 11.2. The molecule has 0 atom stereocenters. The molecular formula is C15H13NO. The quantitative estimate of drug-likeness (QED) is 0.537. The van der Waals surface area contributed by atoms with Crippen LogP contribution in [0, 0.1) is 6.92 Å². The van der Waals surface area contributed by atoms with E-state index in [2.05, 4.69) is 4.57 Å². The predicted octanol–water partition coefficient (Wildman–Crippen LogP) is 3.00. The summed E-state index contributed by atoms with van der Waals surface area (Å²) in [6, 6.07) is 13.6. The summed E-state index contributed by atoms with van der Waals surface area (Å²) < 4.78 is 2.10. The SMILES string of the molecule is Cc1cccc2c(=O)c3ccccc3n(C)c12. The van der Waals surface area contributed by atoms with Crippen molar-refractivity contribution in [1.29, 1.82) is 0 Å². The summed E-state index contributed by atoms with van der Waals surface area (Å²) in [6.07, 6.45) is 0. The Labute approximate surface area is 99.1 Å². The maximum atomic E-state index is 12.4. The van der Waals surface area contributed by atoms with Gasteiger partial charge in [-0.2, -0.15) is 0 Å². The maximum Gasteiger partial charge on any atom is 0.197 e. The van der Waals surface area contributed by atoms with Crippen LogP contribution in [0.5, 0.6) is 0 Å². The van der Waals surface area contributed by atoms with Crippen LogP contribution in [0.4, 0.5) is 0 Å². The van der Waals surface area contributed by atoms with Crippen LogP contribution < -0.4 is 5.43 Å². The number of pyridine rings is 1. The van der Waals surface area contributed by atoms with Gasteiger partial charge >= 0.3 is 0 Å². The topological polar surface area (TPSA) is 22.0 Å². The van der Waals surface area contributed by atoms with Gasteiger partial charge in [-0.1, -0.05) is 24.3 Å². The van der Waals surface area contributed by atoms with Gasteiger partial charge in [0.15, 0.2) is 5.43 Å². The van der Waals surface area contributed by atoms with Gasteiger partial charge in [0.25, 0.3) is 0 Å². The van der Waals surface area contributed by atoms with Gasteiger partial charge in [-0.25, -0.2) is 0 Å². The first-order valence-corrected chi connectivity index (χ1v) is 5.67. The van der Waals surface area contributed by atoms with Crippen molar-refractivity contribution in [2.45, 2.75) is 6.92 Å². The van der Waals surface area contributed by atoms with Crippen LogP contribution in [-0.2, 0) is 7.05 Å². The highest BCUT2D eigenvalue weighted by atomic mass is 16.1. The molecule has 0 bridgehead atoms. The smallest absolute Gasteiger partial charge is 0.197 e. The van der Waals surface area contributed by atoms with Crippen molar-refractivity contribution in [2.75, 3.05) is 0 Å². The third-order valence-corrected chi connectivity index (χ3v) is 3.33. The van der Waals surface area contributed by atoms with Crippen LogP contribution in [-0.4, -0.2) is 4.57 Å². The molecule has 2 nitrogen and oxygen atoms in total. The fraction of sp³-hybridized carbons (Fsp3) is 0.133. The molecule has 1 heterocycles. The Morgan fingerprint density at radius 3 is 2.47 bits per heavy atom. The molecule has 0 spiro atoms. The molecule has 3 aromatic rings. The van der Waals surface area contributed by atoms with Gasteiger partial charge in [-0.15, -0.1) is 0 Å². The van der Waals surface area contributed by atoms with E-state index in [0.717, 1.165) is 27.4 Å². The van der Waals surface area contributed by atoms with Crippen LogP contribution >= 0.6 is 0 Å². The van der Waals surface area contributed by atoms with E-state index in [0.29, 0.717) is 0 Å². The monoisotopic (exact) mass is 223 g/mol. The zero-order valence-corrected chi connectivity index (χ0v) is 9.90. The van der Waals surface area contributed by atoms with E-state index in [4.69, 9.17) is 0 Å². The lowest BCUT2D eigenvalue weighted by atomic mass is 10.1. The zero-order chi connectivity index (χ0) is 12.0. The third-order valence-electron chi connectivity index (χ3n) is 3.33.